The van der Waals surface area contributed by atoms with Crippen molar-refractivity contribution < 1.29 is 9.18 Å². The summed E-state index contributed by atoms with van der Waals surface area (Å²) in [7, 11) is 0. The van der Waals surface area contributed by atoms with Crippen LogP contribution in [-0.2, 0) is 11.3 Å². The number of hydrogen-bond acceptors (Lipinski definition) is 4. The molecule has 30 heavy (non-hydrogen) atoms. The van der Waals surface area contributed by atoms with Gasteiger partial charge in [0.1, 0.15) is 5.82 Å². The van der Waals surface area contributed by atoms with E-state index in [1.165, 1.54) is 12.1 Å². The lowest BCUT2D eigenvalue weighted by Gasteiger charge is -2.36. The highest BCUT2D eigenvalue weighted by molar-refractivity contribution is 7.71. The smallest absolute Gasteiger partial charge is 0.224 e. The van der Waals surface area contributed by atoms with Crippen LogP contribution in [0, 0.1) is 10.6 Å². The minimum atomic E-state index is -0.314. The Balaban J connectivity index is 1.37. The Morgan fingerprint density at radius 1 is 1.10 bits per heavy atom. The molecule has 0 atom stereocenters. The largest absolute Gasteiger partial charge is 0.367 e. The number of nitrogens with zero attached hydrogens (tertiary/aromatic N) is 4. The third-order valence-electron chi connectivity index (χ3n) is 5.24. The lowest BCUT2D eigenvalue weighted by atomic mass is 10.2. The summed E-state index contributed by atoms with van der Waals surface area (Å²) in [5, 5.41) is 7.72. The van der Waals surface area contributed by atoms with Crippen molar-refractivity contribution >= 4 is 35.4 Å². The fraction of sp³-hybridized carbons (Fsp3) is 0.286. The summed E-state index contributed by atoms with van der Waals surface area (Å²) in [5.41, 5.74) is 1.74. The predicted octanol–water partition coefficient (Wildman–Crippen LogP) is 4.14. The molecule has 2 heterocycles. The fourth-order valence-corrected chi connectivity index (χ4v) is 4.09. The van der Waals surface area contributed by atoms with Gasteiger partial charge in [0.15, 0.2) is 10.6 Å². The van der Waals surface area contributed by atoms with Crippen LogP contribution < -0.4 is 4.90 Å². The molecule has 0 spiro atoms. The Hall–Kier alpha value is -2.71. The van der Waals surface area contributed by atoms with Gasteiger partial charge in [0.25, 0.3) is 0 Å². The molecule has 2 aromatic carbocycles. The lowest BCUT2D eigenvalue weighted by Crippen LogP contribution is -2.49. The molecule has 0 saturated carbocycles. The highest BCUT2D eigenvalue weighted by Crippen LogP contribution is 2.26. The van der Waals surface area contributed by atoms with Crippen molar-refractivity contribution in [1.82, 2.24) is 19.7 Å². The maximum Gasteiger partial charge on any atom is 0.224 e. The van der Waals surface area contributed by atoms with Crippen LogP contribution in [0.2, 0.25) is 5.02 Å². The number of hydrogen-bond donors (Lipinski definition) is 1. The summed E-state index contributed by atoms with van der Waals surface area (Å²) in [4.78, 5) is 16.8. The van der Waals surface area contributed by atoms with E-state index >= 15 is 0 Å². The quantitative estimate of drug-likeness (QED) is 0.600. The monoisotopic (exact) mass is 445 g/mol. The molecule has 1 fully saturated rings. The number of piperazine rings is 1. The van der Waals surface area contributed by atoms with Gasteiger partial charge < -0.3 is 9.80 Å². The molecule has 0 radical (unpaired) electrons. The van der Waals surface area contributed by atoms with E-state index in [2.05, 4.69) is 15.1 Å². The number of benzene rings is 2. The molecule has 1 N–H and O–H groups in total. The van der Waals surface area contributed by atoms with E-state index in [0.717, 1.165) is 29.4 Å². The van der Waals surface area contributed by atoms with Crippen molar-refractivity contribution in [3.63, 3.8) is 0 Å². The number of carbonyl (C=O) groups excluding carboxylic acids is 1. The van der Waals surface area contributed by atoms with Crippen molar-refractivity contribution in [2.24, 2.45) is 0 Å². The van der Waals surface area contributed by atoms with Crippen molar-refractivity contribution in [3.8, 4) is 11.4 Å². The summed E-state index contributed by atoms with van der Waals surface area (Å²) in [6.07, 6.45) is 0.314. The second kappa shape index (κ2) is 8.97. The summed E-state index contributed by atoms with van der Waals surface area (Å²) in [6, 6.07) is 13.8. The first-order valence-electron chi connectivity index (χ1n) is 9.71. The number of carbonyl (C=O) groups is 1. The Morgan fingerprint density at radius 3 is 2.50 bits per heavy atom. The zero-order valence-corrected chi connectivity index (χ0v) is 17.8. The molecule has 0 unspecified atom stereocenters. The molecular weight excluding hydrogens is 425 g/mol. The number of halogens is 2. The van der Waals surface area contributed by atoms with Crippen molar-refractivity contribution in [1.29, 1.82) is 0 Å². The number of anilines is 1. The lowest BCUT2D eigenvalue weighted by molar-refractivity contribution is -0.131. The highest BCUT2D eigenvalue weighted by atomic mass is 35.5. The number of H-pyrrole nitrogens is 1. The predicted molar refractivity (Wildman–Crippen MR) is 118 cm³/mol. The maximum atomic E-state index is 13.2. The zero-order chi connectivity index (χ0) is 21.1. The van der Waals surface area contributed by atoms with Crippen LogP contribution in [0.1, 0.15) is 6.42 Å². The molecule has 9 heteroatoms. The van der Waals surface area contributed by atoms with Crippen LogP contribution in [0.4, 0.5) is 10.1 Å². The van der Waals surface area contributed by atoms with Crippen LogP contribution in [-0.4, -0.2) is 51.8 Å². The van der Waals surface area contributed by atoms with E-state index in [-0.39, 0.29) is 11.7 Å². The second-order valence-corrected chi connectivity index (χ2v) is 7.87. The van der Waals surface area contributed by atoms with Gasteiger partial charge in [-0.1, -0.05) is 23.7 Å². The summed E-state index contributed by atoms with van der Waals surface area (Å²) < 4.78 is 15.4. The highest BCUT2D eigenvalue weighted by Gasteiger charge is 2.22. The molecule has 6 nitrogen and oxygen atoms in total. The van der Waals surface area contributed by atoms with Gasteiger partial charge in [-0.15, -0.1) is 0 Å². The van der Waals surface area contributed by atoms with Crippen molar-refractivity contribution in [3.05, 3.63) is 64.1 Å². The van der Waals surface area contributed by atoms with Gasteiger partial charge in [-0.2, -0.15) is 5.10 Å². The summed E-state index contributed by atoms with van der Waals surface area (Å²) in [6.45, 7) is 3.17. The van der Waals surface area contributed by atoms with Gasteiger partial charge in [-0.3, -0.25) is 14.5 Å². The van der Waals surface area contributed by atoms with Crippen molar-refractivity contribution in [2.75, 3.05) is 31.1 Å². The summed E-state index contributed by atoms with van der Waals surface area (Å²) >= 11 is 11.6. The Morgan fingerprint density at radius 2 is 1.80 bits per heavy atom. The van der Waals surface area contributed by atoms with Gasteiger partial charge in [-0.25, -0.2) is 4.39 Å². The molecule has 1 amide bonds. The van der Waals surface area contributed by atoms with Gasteiger partial charge in [0.05, 0.1) is 10.7 Å². The van der Waals surface area contributed by atoms with E-state index in [4.69, 9.17) is 23.8 Å². The minimum absolute atomic E-state index is 0.0713. The van der Waals surface area contributed by atoms with Crippen LogP contribution in [0.3, 0.4) is 0 Å². The first kappa shape index (κ1) is 20.6. The molecule has 1 saturated heterocycles. The van der Waals surface area contributed by atoms with Gasteiger partial charge in [0, 0.05) is 44.7 Å². The molecule has 1 aliphatic rings. The van der Waals surface area contributed by atoms with Crippen LogP contribution in [0.15, 0.2) is 48.5 Å². The average molecular weight is 446 g/mol. The second-order valence-electron chi connectivity index (χ2n) is 7.08. The molecule has 1 aromatic heterocycles. The normalized spacial score (nSPS) is 14.2. The molecule has 0 bridgehead atoms. The van der Waals surface area contributed by atoms with Gasteiger partial charge >= 0.3 is 0 Å². The number of para-hydroxylation sites is 1. The molecule has 1 aliphatic heterocycles. The minimum Gasteiger partial charge on any atom is -0.367 e. The first-order chi connectivity index (χ1) is 14.5. The Labute approximate surface area is 183 Å². The van der Waals surface area contributed by atoms with E-state index in [1.807, 2.05) is 29.2 Å². The topological polar surface area (TPSA) is 57.2 Å². The van der Waals surface area contributed by atoms with E-state index in [9.17, 15) is 9.18 Å². The third kappa shape index (κ3) is 4.39. The van der Waals surface area contributed by atoms with E-state index < -0.39 is 0 Å². The van der Waals surface area contributed by atoms with Crippen LogP contribution in [0.5, 0.6) is 0 Å². The standard InChI is InChI=1S/C21H21ClFN5OS/c22-17-3-1-2-4-18(17)26-11-13-27(14-12-26)19(29)9-10-28-20(24-25-21(28)30)15-5-7-16(23)8-6-15/h1-8H,9-14H2,(H,25,30). The van der Waals surface area contributed by atoms with Gasteiger partial charge in [0.2, 0.25) is 5.91 Å². The van der Waals surface area contributed by atoms with Gasteiger partial charge in [-0.05, 0) is 48.6 Å². The number of amides is 1. The Kier molecular flexibility index (Phi) is 6.15. The molecule has 3 aromatic rings. The maximum absolute atomic E-state index is 13.2. The molecule has 156 valence electrons. The third-order valence-corrected chi connectivity index (χ3v) is 5.87. The fourth-order valence-electron chi connectivity index (χ4n) is 3.61. The first-order valence-corrected chi connectivity index (χ1v) is 10.5. The van der Waals surface area contributed by atoms with E-state index in [0.29, 0.717) is 36.7 Å². The van der Waals surface area contributed by atoms with E-state index in [1.54, 1.807) is 16.7 Å². The summed E-state index contributed by atoms with van der Waals surface area (Å²) in [5.74, 6) is 0.351. The average Bonchev–Trinajstić information content (AvgIpc) is 3.13. The van der Waals surface area contributed by atoms with Crippen LogP contribution in [0.25, 0.3) is 11.4 Å². The Bertz CT molecular complexity index is 1090. The number of aromatic amines is 1. The number of nitrogens with one attached hydrogen (secondary N) is 1. The van der Waals surface area contributed by atoms with Crippen molar-refractivity contribution in [2.45, 2.75) is 13.0 Å². The SMILES string of the molecule is O=C(CCn1c(-c2ccc(F)cc2)n[nH]c1=S)N1CCN(c2ccccc2Cl)CC1. The zero-order valence-electron chi connectivity index (χ0n) is 16.2. The van der Waals surface area contributed by atoms with Crippen LogP contribution >= 0.6 is 23.8 Å². The molecule has 4 rings (SSSR count). The molecular formula is C21H21ClFN5OS. The molecule has 0 aliphatic carbocycles. The number of aromatic nitrogens is 3. The number of rotatable bonds is 5.